The number of nitrogens with two attached hydrogens (primary N) is 1. The molecule has 1 aliphatic heterocycles. The average Bonchev–Trinajstić information content (AvgIpc) is 2.67. The first-order chi connectivity index (χ1) is 12.7. The van der Waals surface area contributed by atoms with Gasteiger partial charge in [-0.05, 0) is 59.9 Å². The maximum Gasteiger partial charge on any atom is 0.119 e. The van der Waals surface area contributed by atoms with Gasteiger partial charge in [-0.2, -0.15) is 0 Å². The predicted molar refractivity (Wildman–Crippen MR) is 110 cm³/mol. The molecule has 2 N–H and O–H groups in total. The van der Waals surface area contributed by atoms with Crippen LogP contribution in [0.3, 0.4) is 0 Å². The van der Waals surface area contributed by atoms with Gasteiger partial charge in [-0.15, -0.1) is 0 Å². The van der Waals surface area contributed by atoms with Crippen molar-refractivity contribution >= 4 is 33.7 Å². The molecule has 0 aromatic heterocycles. The Kier molecular flexibility index (Phi) is 4.89. The lowest BCUT2D eigenvalue weighted by Gasteiger charge is -2.34. The lowest BCUT2D eigenvalue weighted by Crippen LogP contribution is -2.35. The molecular weight excluding hydrogens is 344 g/mol. The van der Waals surface area contributed by atoms with Crippen LogP contribution in [0.25, 0.3) is 10.8 Å². The number of hydrogen-bond acceptors (Lipinski definition) is 3. The van der Waals surface area contributed by atoms with E-state index in [1.54, 1.807) is 0 Å². The highest BCUT2D eigenvalue weighted by Crippen LogP contribution is 2.31. The number of piperidine rings is 1. The lowest BCUT2D eigenvalue weighted by atomic mass is 9.97. The minimum absolute atomic E-state index is 0.574. The second-order valence-corrected chi connectivity index (χ2v) is 7.37. The molecule has 3 nitrogen and oxygen atoms in total. The van der Waals surface area contributed by atoms with Gasteiger partial charge in [0.25, 0.3) is 0 Å². The molecule has 1 fully saturated rings. The van der Waals surface area contributed by atoms with Gasteiger partial charge in [0.1, 0.15) is 5.75 Å². The summed E-state index contributed by atoms with van der Waals surface area (Å²) < 4.78 is 6.07. The standard InChI is InChI=1S/C22H23ClN2O/c23-21-14-19(24)6-8-22(21)25-11-9-16(10-12-25)15-26-20-7-5-17-3-1-2-4-18(17)13-20/h1-8,13-14,16H,9-12,15,24H2. The molecule has 0 amide bonds. The summed E-state index contributed by atoms with van der Waals surface area (Å²) in [6.07, 6.45) is 2.21. The maximum atomic E-state index is 6.34. The minimum atomic E-state index is 0.574. The summed E-state index contributed by atoms with van der Waals surface area (Å²) in [5.41, 5.74) is 7.57. The van der Waals surface area contributed by atoms with E-state index in [-0.39, 0.29) is 0 Å². The number of hydrogen-bond donors (Lipinski definition) is 1. The Morgan fingerprint density at radius 1 is 0.962 bits per heavy atom. The number of benzene rings is 3. The van der Waals surface area contributed by atoms with Crippen molar-refractivity contribution in [3.8, 4) is 5.75 Å². The van der Waals surface area contributed by atoms with Crippen LogP contribution in [0, 0.1) is 5.92 Å². The van der Waals surface area contributed by atoms with Crippen molar-refractivity contribution in [2.75, 3.05) is 30.3 Å². The van der Waals surface area contributed by atoms with E-state index in [0.717, 1.165) is 49.0 Å². The smallest absolute Gasteiger partial charge is 0.119 e. The molecule has 3 aromatic rings. The van der Waals surface area contributed by atoms with Crippen LogP contribution in [0.2, 0.25) is 5.02 Å². The van der Waals surface area contributed by atoms with E-state index in [1.165, 1.54) is 10.8 Å². The first-order valence-electron chi connectivity index (χ1n) is 9.10. The molecule has 26 heavy (non-hydrogen) atoms. The number of rotatable bonds is 4. The first-order valence-corrected chi connectivity index (χ1v) is 9.48. The molecule has 0 unspecified atom stereocenters. The van der Waals surface area contributed by atoms with Gasteiger partial charge in [-0.1, -0.05) is 41.9 Å². The fourth-order valence-corrected chi connectivity index (χ4v) is 3.90. The molecule has 1 heterocycles. The predicted octanol–water partition coefficient (Wildman–Crippen LogP) is 5.37. The molecule has 0 spiro atoms. The number of ether oxygens (including phenoxy) is 1. The Morgan fingerprint density at radius 3 is 2.50 bits per heavy atom. The van der Waals surface area contributed by atoms with Gasteiger partial charge in [0.2, 0.25) is 0 Å². The summed E-state index contributed by atoms with van der Waals surface area (Å²) in [7, 11) is 0. The quantitative estimate of drug-likeness (QED) is 0.631. The van der Waals surface area contributed by atoms with Gasteiger partial charge in [-0.25, -0.2) is 0 Å². The van der Waals surface area contributed by atoms with E-state index >= 15 is 0 Å². The minimum Gasteiger partial charge on any atom is -0.493 e. The van der Waals surface area contributed by atoms with Crippen LogP contribution < -0.4 is 15.4 Å². The zero-order valence-corrected chi connectivity index (χ0v) is 15.5. The number of halogens is 1. The van der Waals surface area contributed by atoms with Crippen molar-refractivity contribution in [3.05, 3.63) is 65.7 Å². The summed E-state index contributed by atoms with van der Waals surface area (Å²) in [6, 6.07) is 20.4. The Balaban J connectivity index is 1.33. The van der Waals surface area contributed by atoms with Crippen LogP contribution in [0.4, 0.5) is 11.4 Å². The van der Waals surface area contributed by atoms with Crippen LogP contribution >= 0.6 is 11.6 Å². The van der Waals surface area contributed by atoms with Crippen molar-refractivity contribution in [1.82, 2.24) is 0 Å². The zero-order valence-electron chi connectivity index (χ0n) is 14.7. The third-order valence-corrected chi connectivity index (χ3v) is 5.44. The van der Waals surface area contributed by atoms with Crippen LogP contribution in [-0.4, -0.2) is 19.7 Å². The molecule has 4 heteroatoms. The molecule has 0 aliphatic carbocycles. The molecule has 4 rings (SSSR count). The second kappa shape index (κ2) is 7.46. The van der Waals surface area contributed by atoms with E-state index in [4.69, 9.17) is 22.1 Å². The Labute approximate surface area is 159 Å². The molecular formula is C22H23ClN2O. The highest BCUT2D eigenvalue weighted by Gasteiger charge is 2.21. The van der Waals surface area contributed by atoms with E-state index in [1.807, 2.05) is 18.2 Å². The van der Waals surface area contributed by atoms with Crippen molar-refractivity contribution in [2.24, 2.45) is 5.92 Å². The molecule has 1 aliphatic rings. The monoisotopic (exact) mass is 366 g/mol. The third kappa shape index (κ3) is 3.73. The molecule has 0 bridgehead atoms. The molecule has 0 radical (unpaired) electrons. The van der Waals surface area contributed by atoms with E-state index in [0.29, 0.717) is 11.6 Å². The summed E-state index contributed by atoms with van der Waals surface area (Å²) in [5, 5.41) is 3.20. The van der Waals surface area contributed by atoms with Crippen molar-refractivity contribution in [3.63, 3.8) is 0 Å². The zero-order chi connectivity index (χ0) is 17.9. The fraction of sp³-hybridized carbons (Fsp3) is 0.273. The van der Waals surface area contributed by atoms with Gasteiger partial charge in [0.05, 0.1) is 17.3 Å². The van der Waals surface area contributed by atoms with Crippen LogP contribution in [0.15, 0.2) is 60.7 Å². The highest BCUT2D eigenvalue weighted by atomic mass is 35.5. The summed E-state index contributed by atoms with van der Waals surface area (Å²) in [4.78, 5) is 2.34. The molecule has 134 valence electrons. The fourth-order valence-electron chi connectivity index (χ4n) is 3.59. The van der Waals surface area contributed by atoms with E-state index in [2.05, 4.69) is 47.4 Å². The lowest BCUT2D eigenvalue weighted by molar-refractivity contribution is 0.223. The molecule has 0 saturated carbocycles. The largest absolute Gasteiger partial charge is 0.493 e. The van der Waals surface area contributed by atoms with Crippen LogP contribution in [-0.2, 0) is 0 Å². The Hall–Kier alpha value is -2.39. The Morgan fingerprint density at radius 2 is 1.73 bits per heavy atom. The topological polar surface area (TPSA) is 38.5 Å². The summed E-state index contributed by atoms with van der Waals surface area (Å²) >= 11 is 6.34. The summed E-state index contributed by atoms with van der Waals surface area (Å²) in [5.74, 6) is 1.53. The summed E-state index contributed by atoms with van der Waals surface area (Å²) in [6.45, 7) is 2.76. The first kappa shape index (κ1) is 17.0. The van der Waals surface area contributed by atoms with Gasteiger partial charge < -0.3 is 15.4 Å². The van der Waals surface area contributed by atoms with Crippen molar-refractivity contribution in [2.45, 2.75) is 12.8 Å². The maximum absolute atomic E-state index is 6.34. The van der Waals surface area contributed by atoms with Crippen LogP contribution in [0.1, 0.15) is 12.8 Å². The number of fused-ring (bicyclic) bond motifs is 1. The number of nitrogen functional groups attached to an aromatic ring is 1. The normalized spacial score (nSPS) is 15.3. The SMILES string of the molecule is Nc1ccc(N2CCC(COc3ccc4ccccc4c3)CC2)c(Cl)c1. The van der Waals surface area contributed by atoms with Gasteiger partial charge in [0.15, 0.2) is 0 Å². The molecule has 0 atom stereocenters. The molecule has 1 saturated heterocycles. The third-order valence-electron chi connectivity index (χ3n) is 5.13. The Bertz CT molecular complexity index is 904. The van der Waals surface area contributed by atoms with Crippen LogP contribution in [0.5, 0.6) is 5.75 Å². The van der Waals surface area contributed by atoms with Gasteiger partial charge in [-0.3, -0.25) is 0 Å². The van der Waals surface area contributed by atoms with Gasteiger partial charge in [0, 0.05) is 18.8 Å². The van der Waals surface area contributed by atoms with E-state index < -0.39 is 0 Å². The van der Waals surface area contributed by atoms with E-state index in [9.17, 15) is 0 Å². The van der Waals surface area contributed by atoms with Crippen molar-refractivity contribution in [1.29, 1.82) is 0 Å². The van der Waals surface area contributed by atoms with Gasteiger partial charge >= 0.3 is 0 Å². The number of nitrogens with zero attached hydrogens (tertiary/aromatic N) is 1. The molecule has 3 aromatic carbocycles. The number of anilines is 2. The highest BCUT2D eigenvalue weighted by molar-refractivity contribution is 6.33. The average molecular weight is 367 g/mol. The second-order valence-electron chi connectivity index (χ2n) is 6.96. The van der Waals surface area contributed by atoms with Crippen molar-refractivity contribution < 1.29 is 4.74 Å².